The van der Waals surface area contributed by atoms with E-state index in [9.17, 15) is 4.79 Å². The maximum atomic E-state index is 12.3. The van der Waals surface area contributed by atoms with E-state index in [0.29, 0.717) is 5.16 Å². The lowest BCUT2D eigenvalue weighted by Gasteiger charge is -2.15. The van der Waals surface area contributed by atoms with Crippen LogP contribution in [0.15, 0.2) is 59.8 Å². The van der Waals surface area contributed by atoms with Gasteiger partial charge in [0.1, 0.15) is 5.75 Å². The van der Waals surface area contributed by atoms with Crippen molar-refractivity contribution in [2.24, 2.45) is 7.05 Å². The molecule has 158 valence electrons. The fourth-order valence-electron chi connectivity index (χ4n) is 3.10. The van der Waals surface area contributed by atoms with Crippen LogP contribution in [0.2, 0.25) is 0 Å². The number of carbonyl (C=O) groups is 1. The van der Waals surface area contributed by atoms with Crippen LogP contribution in [0.3, 0.4) is 0 Å². The summed E-state index contributed by atoms with van der Waals surface area (Å²) in [7, 11) is 1.89. The van der Waals surface area contributed by atoms with E-state index >= 15 is 0 Å². The highest BCUT2D eigenvalue weighted by Crippen LogP contribution is 2.24. The Bertz CT molecular complexity index is 957. The molecule has 0 unspecified atom stereocenters. The number of aryl methyl sites for hydroxylation is 1. The lowest BCUT2D eigenvalue weighted by atomic mass is 10.1. The number of rotatable bonds is 9. The van der Waals surface area contributed by atoms with Crippen molar-refractivity contribution in [1.82, 2.24) is 20.1 Å². The molecule has 2 atom stereocenters. The summed E-state index contributed by atoms with van der Waals surface area (Å²) >= 11 is 1.36. The Labute approximate surface area is 182 Å². The normalized spacial score (nSPS) is 12.9. The molecule has 3 rings (SSSR count). The van der Waals surface area contributed by atoms with Gasteiger partial charge in [0.25, 0.3) is 0 Å². The average molecular weight is 425 g/mol. The number of carbonyl (C=O) groups excluding carboxylic acids is 1. The van der Waals surface area contributed by atoms with Crippen LogP contribution in [0.4, 0.5) is 0 Å². The van der Waals surface area contributed by atoms with E-state index in [2.05, 4.69) is 34.6 Å². The van der Waals surface area contributed by atoms with Crippen molar-refractivity contribution < 1.29 is 9.53 Å². The number of hydrogen-bond acceptors (Lipinski definition) is 5. The summed E-state index contributed by atoms with van der Waals surface area (Å²) in [5.41, 5.74) is 2.35. The zero-order chi connectivity index (χ0) is 21.5. The van der Waals surface area contributed by atoms with E-state index in [4.69, 9.17) is 4.74 Å². The van der Waals surface area contributed by atoms with Gasteiger partial charge in [-0.3, -0.25) is 4.79 Å². The number of aromatic nitrogens is 3. The molecule has 0 fully saturated rings. The molecule has 30 heavy (non-hydrogen) atoms. The van der Waals surface area contributed by atoms with Gasteiger partial charge in [0, 0.05) is 7.05 Å². The van der Waals surface area contributed by atoms with Gasteiger partial charge in [0.2, 0.25) is 5.91 Å². The first-order valence-electron chi connectivity index (χ1n) is 10.1. The minimum atomic E-state index is -0.253. The first-order valence-corrected chi connectivity index (χ1v) is 11.1. The van der Waals surface area contributed by atoms with Crippen molar-refractivity contribution >= 4 is 17.7 Å². The molecule has 1 N–H and O–H groups in total. The smallest absolute Gasteiger partial charge is 0.230 e. The third kappa shape index (κ3) is 5.63. The first-order chi connectivity index (χ1) is 14.5. The molecule has 6 nitrogen and oxygen atoms in total. The molecule has 0 bridgehead atoms. The molecule has 0 spiro atoms. The largest absolute Gasteiger partial charge is 0.483 e. The number of nitrogens with one attached hydrogen (secondary N) is 1. The van der Waals surface area contributed by atoms with E-state index in [1.165, 1.54) is 17.3 Å². The minimum absolute atomic E-state index is 0.0399. The molecule has 3 aromatic rings. The van der Waals surface area contributed by atoms with Crippen LogP contribution in [0.5, 0.6) is 5.75 Å². The molecule has 0 aliphatic heterocycles. The van der Waals surface area contributed by atoms with Gasteiger partial charge in [-0.15, -0.1) is 10.2 Å². The third-order valence-electron chi connectivity index (χ3n) is 4.89. The number of amides is 1. The number of nitrogens with zero attached hydrogens (tertiary/aromatic N) is 3. The van der Waals surface area contributed by atoms with Crippen molar-refractivity contribution in [2.75, 3.05) is 5.75 Å². The predicted octanol–water partition coefficient (Wildman–Crippen LogP) is 4.49. The SMILES string of the molecule is CCc1ccc(O[C@@H](C)c2nnc(SCC(=O)N[C@@H](C)c3ccccc3)n2C)cc1. The van der Waals surface area contributed by atoms with Gasteiger partial charge in [-0.2, -0.15) is 0 Å². The van der Waals surface area contributed by atoms with Crippen LogP contribution in [0.25, 0.3) is 0 Å². The zero-order valence-electron chi connectivity index (χ0n) is 17.8. The second-order valence-electron chi connectivity index (χ2n) is 7.15. The Morgan fingerprint density at radius 2 is 1.80 bits per heavy atom. The Morgan fingerprint density at radius 1 is 1.10 bits per heavy atom. The summed E-state index contributed by atoms with van der Waals surface area (Å²) in [6.45, 7) is 6.05. The number of benzene rings is 2. The lowest BCUT2D eigenvalue weighted by Crippen LogP contribution is -2.28. The first kappa shape index (κ1) is 21.9. The van der Waals surface area contributed by atoms with Crippen LogP contribution >= 0.6 is 11.8 Å². The van der Waals surface area contributed by atoms with Crippen molar-refractivity contribution in [1.29, 1.82) is 0 Å². The van der Waals surface area contributed by atoms with E-state index in [0.717, 1.165) is 23.6 Å². The third-order valence-corrected chi connectivity index (χ3v) is 5.91. The summed E-state index contributed by atoms with van der Waals surface area (Å²) in [6, 6.07) is 17.9. The van der Waals surface area contributed by atoms with Gasteiger partial charge in [0.05, 0.1) is 11.8 Å². The standard InChI is InChI=1S/C23H28N4O2S/c1-5-18-11-13-20(14-12-18)29-17(3)22-25-26-23(27(22)4)30-15-21(28)24-16(2)19-9-7-6-8-10-19/h6-14,16-17H,5,15H2,1-4H3,(H,24,28)/t16-,17-/m0/s1. The summed E-state index contributed by atoms with van der Waals surface area (Å²) in [5.74, 6) is 1.75. The van der Waals surface area contributed by atoms with Crippen molar-refractivity contribution in [3.63, 3.8) is 0 Å². The quantitative estimate of drug-likeness (QED) is 0.513. The van der Waals surface area contributed by atoms with Gasteiger partial charge < -0.3 is 14.6 Å². The van der Waals surface area contributed by atoms with E-state index in [1.807, 2.05) is 67.9 Å². The fraction of sp³-hybridized carbons (Fsp3) is 0.348. The van der Waals surface area contributed by atoms with Gasteiger partial charge in [-0.25, -0.2) is 0 Å². The number of ether oxygens (including phenoxy) is 1. The highest BCUT2D eigenvalue weighted by Gasteiger charge is 2.18. The maximum absolute atomic E-state index is 12.3. The molecule has 0 aliphatic rings. The topological polar surface area (TPSA) is 69.0 Å². The summed E-state index contributed by atoms with van der Waals surface area (Å²) in [6.07, 6.45) is 0.744. The Balaban J connectivity index is 1.54. The average Bonchev–Trinajstić information content (AvgIpc) is 3.14. The molecule has 1 heterocycles. The van der Waals surface area contributed by atoms with Gasteiger partial charge >= 0.3 is 0 Å². The number of thioether (sulfide) groups is 1. The molecule has 2 aromatic carbocycles. The van der Waals surface area contributed by atoms with Crippen molar-refractivity contribution in [2.45, 2.75) is 44.5 Å². The highest BCUT2D eigenvalue weighted by molar-refractivity contribution is 7.99. The second kappa shape index (κ2) is 10.3. The Morgan fingerprint density at radius 3 is 2.47 bits per heavy atom. The zero-order valence-corrected chi connectivity index (χ0v) is 18.6. The molecule has 1 amide bonds. The summed E-state index contributed by atoms with van der Waals surface area (Å²) in [5, 5.41) is 12.2. The van der Waals surface area contributed by atoms with Gasteiger partial charge in [0.15, 0.2) is 17.1 Å². The molecule has 1 aromatic heterocycles. The molecule has 0 saturated carbocycles. The van der Waals surface area contributed by atoms with E-state index in [-0.39, 0.29) is 23.8 Å². The van der Waals surface area contributed by atoms with Crippen LogP contribution in [-0.2, 0) is 18.3 Å². The van der Waals surface area contributed by atoms with Gasteiger partial charge in [-0.1, -0.05) is 61.2 Å². The van der Waals surface area contributed by atoms with Crippen LogP contribution < -0.4 is 10.1 Å². The molecule has 0 saturated heterocycles. The number of hydrogen-bond donors (Lipinski definition) is 1. The van der Waals surface area contributed by atoms with Crippen LogP contribution in [0.1, 0.15) is 49.9 Å². The van der Waals surface area contributed by atoms with Crippen LogP contribution in [0, 0.1) is 0 Å². The minimum Gasteiger partial charge on any atom is -0.483 e. The summed E-state index contributed by atoms with van der Waals surface area (Å²) in [4.78, 5) is 12.3. The van der Waals surface area contributed by atoms with E-state index in [1.54, 1.807) is 0 Å². The van der Waals surface area contributed by atoms with Crippen molar-refractivity contribution in [3.8, 4) is 5.75 Å². The Kier molecular flexibility index (Phi) is 7.52. The molecular formula is C23H28N4O2S. The lowest BCUT2D eigenvalue weighted by molar-refractivity contribution is -0.119. The molecular weight excluding hydrogens is 396 g/mol. The monoisotopic (exact) mass is 424 g/mol. The van der Waals surface area contributed by atoms with Gasteiger partial charge in [-0.05, 0) is 43.5 Å². The van der Waals surface area contributed by atoms with E-state index < -0.39 is 0 Å². The predicted molar refractivity (Wildman–Crippen MR) is 120 cm³/mol. The Hall–Kier alpha value is -2.80. The molecule has 0 radical (unpaired) electrons. The summed E-state index contributed by atoms with van der Waals surface area (Å²) < 4.78 is 7.89. The highest BCUT2D eigenvalue weighted by atomic mass is 32.2. The fourth-order valence-corrected chi connectivity index (χ4v) is 3.83. The van der Waals surface area contributed by atoms with Crippen LogP contribution in [-0.4, -0.2) is 26.4 Å². The second-order valence-corrected chi connectivity index (χ2v) is 8.09. The molecule has 7 heteroatoms. The maximum Gasteiger partial charge on any atom is 0.230 e. The molecule has 0 aliphatic carbocycles. The van der Waals surface area contributed by atoms with Crippen molar-refractivity contribution in [3.05, 3.63) is 71.5 Å².